The van der Waals surface area contributed by atoms with Crippen molar-refractivity contribution in [2.45, 2.75) is 25.7 Å². The Labute approximate surface area is 127 Å². The Balaban J connectivity index is 1.90. The number of allylic oxidation sites excluding steroid dienone is 1. The summed E-state index contributed by atoms with van der Waals surface area (Å²) in [4.78, 5) is 4.57. The largest absolute Gasteiger partial charge is 0.293 e. The molecule has 1 aliphatic carbocycles. The summed E-state index contributed by atoms with van der Waals surface area (Å²) in [7, 11) is 0. The van der Waals surface area contributed by atoms with Gasteiger partial charge in [-0.3, -0.25) is 4.99 Å². The van der Waals surface area contributed by atoms with Gasteiger partial charge < -0.3 is 0 Å². The molecule has 2 aromatic carbocycles. The van der Waals surface area contributed by atoms with E-state index in [0.717, 1.165) is 13.0 Å². The van der Waals surface area contributed by atoms with Crippen LogP contribution in [0, 0.1) is 0 Å². The van der Waals surface area contributed by atoms with E-state index in [4.69, 9.17) is 0 Å². The van der Waals surface area contributed by atoms with Gasteiger partial charge in [-0.2, -0.15) is 0 Å². The van der Waals surface area contributed by atoms with Gasteiger partial charge in [-0.15, -0.1) is 0 Å². The summed E-state index contributed by atoms with van der Waals surface area (Å²) in [5.74, 6) is 0.357. The van der Waals surface area contributed by atoms with Crippen LogP contribution in [0.4, 0.5) is 0 Å². The van der Waals surface area contributed by atoms with Crippen LogP contribution in [0.2, 0.25) is 0 Å². The van der Waals surface area contributed by atoms with Gasteiger partial charge in [0.25, 0.3) is 0 Å². The molecule has 1 heteroatoms. The van der Waals surface area contributed by atoms with Crippen LogP contribution in [-0.4, -0.2) is 12.8 Å². The molecule has 3 rings (SSSR count). The average molecular weight is 275 g/mol. The van der Waals surface area contributed by atoms with Crippen molar-refractivity contribution in [2.75, 3.05) is 6.54 Å². The number of hydrogen-bond acceptors (Lipinski definition) is 1. The molecule has 0 aliphatic heterocycles. The maximum absolute atomic E-state index is 4.57. The van der Waals surface area contributed by atoms with Crippen LogP contribution in [0.3, 0.4) is 0 Å². The quantitative estimate of drug-likeness (QED) is 0.534. The minimum Gasteiger partial charge on any atom is -0.293 e. The first-order valence-corrected chi connectivity index (χ1v) is 7.76. The zero-order chi connectivity index (χ0) is 14.5. The molecule has 0 aromatic heterocycles. The van der Waals surface area contributed by atoms with E-state index in [1.165, 1.54) is 28.7 Å². The van der Waals surface area contributed by atoms with E-state index >= 15 is 0 Å². The molecule has 1 atom stereocenters. The molecule has 0 bridgehead atoms. The van der Waals surface area contributed by atoms with Gasteiger partial charge in [-0.1, -0.05) is 74.0 Å². The van der Waals surface area contributed by atoms with E-state index in [0.29, 0.717) is 5.92 Å². The first kappa shape index (κ1) is 13.8. The highest BCUT2D eigenvalue weighted by molar-refractivity contribution is 5.83. The van der Waals surface area contributed by atoms with Gasteiger partial charge in [-0.05, 0) is 28.7 Å². The molecule has 0 heterocycles. The first-order valence-electron chi connectivity index (χ1n) is 7.76. The second kappa shape index (κ2) is 6.53. The molecule has 0 N–H and O–H groups in total. The van der Waals surface area contributed by atoms with Crippen molar-refractivity contribution >= 4 is 12.3 Å². The molecule has 0 amide bonds. The van der Waals surface area contributed by atoms with Gasteiger partial charge in [0.1, 0.15) is 0 Å². The SMILES string of the molecule is CCCC/N=C/c1ccccc1C1C=Cc2ccccc21. The second-order valence-corrected chi connectivity index (χ2v) is 5.48. The maximum atomic E-state index is 4.57. The van der Waals surface area contributed by atoms with E-state index in [2.05, 4.69) is 72.6 Å². The van der Waals surface area contributed by atoms with Crippen molar-refractivity contribution in [1.82, 2.24) is 0 Å². The minimum atomic E-state index is 0.357. The Bertz CT molecular complexity index is 667. The van der Waals surface area contributed by atoms with Crippen molar-refractivity contribution in [1.29, 1.82) is 0 Å². The lowest BCUT2D eigenvalue weighted by atomic mass is 9.90. The fourth-order valence-corrected chi connectivity index (χ4v) is 2.84. The monoisotopic (exact) mass is 275 g/mol. The Kier molecular flexibility index (Phi) is 4.30. The predicted molar refractivity (Wildman–Crippen MR) is 91.1 cm³/mol. The molecule has 0 saturated heterocycles. The van der Waals surface area contributed by atoms with E-state index in [1.54, 1.807) is 0 Å². The molecule has 21 heavy (non-hydrogen) atoms. The number of rotatable bonds is 5. The Morgan fingerprint density at radius 3 is 2.62 bits per heavy atom. The minimum absolute atomic E-state index is 0.357. The highest BCUT2D eigenvalue weighted by Crippen LogP contribution is 2.36. The van der Waals surface area contributed by atoms with Gasteiger partial charge in [-0.25, -0.2) is 0 Å². The van der Waals surface area contributed by atoms with Crippen LogP contribution in [0.25, 0.3) is 6.08 Å². The lowest BCUT2D eigenvalue weighted by molar-refractivity contribution is 0.810. The molecular formula is C20H21N. The van der Waals surface area contributed by atoms with Crippen LogP contribution in [-0.2, 0) is 0 Å². The molecule has 0 fully saturated rings. The summed E-state index contributed by atoms with van der Waals surface area (Å²) in [6, 6.07) is 17.2. The summed E-state index contributed by atoms with van der Waals surface area (Å²) in [5, 5.41) is 0. The van der Waals surface area contributed by atoms with Crippen LogP contribution in [0.1, 0.15) is 47.9 Å². The molecule has 0 saturated carbocycles. The fraction of sp³-hybridized carbons (Fsp3) is 0.250. The zero-order valence-corrected chi connectivity index (χ0v) is 12.5. The lowest BCUT2D eigenvalue weighted by Crippen LogP contribution is -2.00. The molecule has 1 nitrogen and oxygen atoms in total. The van der Waals surface area contributed by atoms with Crippen molar-refractivity contribution in [3.8, 4) is 0 Å². The van der Waals surface area contributed by atoms with E-state index in [1.807, 2.05) is 6.21 Å². The third-order valence-electron chi connectivity index (χ3n) is 4.00. The molecule has 106 valence electrons. The normalized spacial score (nSPS) is 16.5. The molecule has 0 radical (unpaired) electrons. The van der Waals surface area contributed by atoms with Gasteiger partial charge in [0.15, 0.2) is 0 Å². The standard InChI is InChI=1S/C20H21N/c1-2-3-14-21-15-17-9-5-7-11-19(17)20-13-12-16-8-4-6-10-18(16)20/h4-13,15,20H,2-3,14H2,1H3/b21-15+. The lowest BCUT2D eigenvalue weighted by Gasteiger charge is -2.14. The smallest absolute Gasteiger partial charge is 0.0389 e. The summed E-state index contributed by atoms with van der Waals surface area (Å²) in [6.07, 6.45) is 8.91. The summed E-state index contributed by atoms with van der Waals surface area (Å²) < 4.78 is 0. The van der Waals surface area contributed by atoms with E-state index in [-0.39, 0.29) is 0 Å². The van der Waals surface area contributed by atoms with Gasteiger partial charge >= 0.3 is 0 Å². The van der Waals surface area contributed by atoms with Gasteiger partial charge in [0.05, 0.1) is 0 Å². The van der Waals surface area contributed by atoms with Crippen LogP contribution in [0.5, 0.6) is 0 Å². The number of nitrogens with zero attached hydrogens (tertiary/aromatic N) is 1. The topological polar surface area (TPSA) is 12.4 Å². The maximum Gasteiger partial charge on any atom is 0.0389 e. The highest BCUT2D eigenvalue weighted by Gasteiger charge is 2.20. The second-order valence-electron chi connectivity index (χ2n) is 5.48. The number of benzene rings is 2. The van der Waals surface area contributed by atoms with Crippen LogP contribution in [0.15, 0.2) is 59.6 Å². The van der Waals surface area contributed by atoms with Crippen molar-refractivity contribution in [2.24, 2.45) is 4.99 Å². The molecule has 0 spiro atoms. The molecular weight excluding hydrogens is 254 g/mol. The number of hydrogen-bond donors (Lipinski definition) is 0. The zero-order valence-electron chi connectivity index (χ0n) is 12.5. The first-order chi connectivity index (χ1) is 10.4. The van der Waals surface area contributed by atoms with Gasteiger partial charge in [0.2, 0.25) is 0 Å². The molecule has 2 aromatic rings. The fourth-order valence-electron chi connectivity index (χ4n) is 2.84. The van der Waals surface area contributed by atoms with Crippen molar-refractivity contribution < 1.29 is 0 Å². The third kappa shape index (κ3) is 2.97. The number of aliphatic imine (C=N–C) groups is 1. The van der Waals surface area contributed by atoms with Crippen LogP contribution < -0.4 is 0 Å². The third-order valence-corrected chi connectivity index (χ3v) is 4.00. The number of unbranched alkanes of at least 4 members (excludes halogenated alkanes) is 1. The Morgan fingerprint density at radius 2 is 1.76 bits per heavy atom. The van der Waals surface area contributed by atoms with E-state index in [9.17, 15) is 0 Å². The van der Waals surface area contributed by atoms with Gasteiger partial charge in [0, 0.05) is 18.7 Å². The average Bonchev–Trinajstić information content (AvgIpc) is 2.96. The summed E-state index contributed by atoms with van der Waals surface area (Å²) in [6.45, 7) is 3.12. The van der Waals surface area contributed by atoms with E-state index < -0.39 is 0 Å². The number of fused-ring (bicyclic) bond motifs is 1. The summed E-state index contributed by atoms with van der Waals surface area (Å²) >= 11 is 0. The molecule has 1 aliphatic rings. The van der Waals surface area contributed by atoms with Crippen molar-refractivity contribution in [3.05, 3.63) is 76.9 Å². The highest BCUT2D eigenvalue weighted by atomic mass is 14.7. The predicted octanol–water partition coefficient (Wildman–Crippen LogP) is 5.06. The Hall–Kier alpha value is -2.15. The Morgan fingerprint density at radius 1 is 1.00 bits per heavy atom. The van der Waals surface area contributed by atoms with Crippen molar-refractivity contribution in [3.63, 3.8) is 0 Å². The van der Waals surface area contributed by atoms with Crippen LogP contribution >= 0.6 is 0 Å². The summed E-state index contributed by atoms with van der Waals surface area (Å²) in [5.41, 5.74) is 5.31. The molecule has 1 unspecified atom stereocenters.